The van der Waals surface area contributed by atoms with E-state index in [2.05, 4.69) is 21.9 Å². The number of rotatable bonds is 14. The average Bonchev–Trinajstić information content (AvgIpc) is 2.90. The maximum absolute atomic E-state index is 12.3. The molecule has 0 saturated carbocycles. The zero-order valence-electron chi connectivity index (χ0n) is 22.7. The Morgan fingerprint density at radius 3 is 2.47 bits per heavy atom. The third kappa shape index (κ3) is 10.9. The van der Waals surface area contributed by atoms with Gasteiger partial charge in [0.25, 0.3) is 0 Å². The van der Waals surface area contributed by atoms with Crippen molar-refractivity contribution in [1.82, 2.24) is 14.9 Å². The van der Waals surface area contributed by atoms with Gasteiger partial charge in [0.15, 0.2) is 0 Å². The molecule has 1 aliphatic rings. The molecule has 208 valence electrons. The van der Waals surface area contributed by atoms with Crippen LogP contribution in [-0.4, -0.2) is 79.3 Å². The highest BCUT2D eigenvalue weighted by Gasteiger charge is 2.27. The molecule has 2 aromatic rings. The first kappa shape index (κ1) is 29.2. The lowest BCUT2D eigenvalue weighted by atomic mass is 9.99. The van der Waals surface area contributed by atoms with Gasteiger partial charge in [0.2, 0.25) is 0 Å². The Morgan fingerprint density at radius 1 is 1.05 bits per heavy atom. The van der Waals surface area contributed by atoms with Crippen LogP contribution in [0.15, 0.2) is 49.3 Å². The van der Waals surface area contributed by atoms with Gasteiger partial charge >= 0.3 is 12.1 Å². The van der Waals surface area contributed by atoms with Gasteiger partial charge in [0.05, 0.1) is 44.5 Å². The molecule has 0 bridgehead atoms. The molecule has 0 radical (unpaired) electrons. The minimum Gasteiger partial charge on any atom is -0.490 e. The summed E-state index contributed by atoms with van der Waals surface area (Å²) < 4.78 is 27.8. The van der Waals surface area contributed by atoms with Crippen LogP contribution in [0.25, 0.3) is 0 Å². The normalized spacial score (nSPS) is 15.6. The maximum Gasteiger partial charge on any atom is 0.410 e. The summed E-state index contributed by atoms with van der Waals surface area (Å²) in [7, 11) is 0. The molecule has 1 atom stereocenters. The quantitative estimate of drug-likeness (QED) is 0.272. The number of aromatic nitrogens is 2. The number of carbonyl (C=O) groups excluding carboxylic acids is 1. The zero-order chi connectivity index (χ0) is 27.2. The summed E-state index contributed by atoms with van der Waals surface area (Å²) in [6.45, 7) is 13.4. The molecule has 0 spiro atoms. The van der Waals surface area contributed by atoms with E-state index in [9.17, 15) is 4.79 Å². The Labute approximate surface area is 225 Å². The summed E-state index contributed by atoms with van der Waals surface area (Å²) in [4.78, 5) is 22.5. The van der Waals surface area contributed by atoms with Crippen molar-refractivity contribution in [2.75, 3.05) is 58.0 Å². The first-order valence-electron chi connectivity index (χ1n) is 13.0. The number of carbonyl (C=O) groups is 1. The van der Waals surface area contributed by atoms with Crippen LogP contribution in [0.5, 0.6) is 11.8 Å². The minimum atomic E-state index is -0.483. The summed E-state index contributed by atoms with van der Waals surface area (Å²) in [5, 5.41) is 3.23. The highest BCUT2D eigenvalue weighted by Crippen LogP contribution is 2.21. The Kier molecular flexibility index (Phi) is 11.6. The van der Waals surface area contributed by atoms with E-state index in [1.807, 2.05) is 45.0 Å². The van der Waals surface area contributed by atoms with Crippen molar-refractivity contribution in [3.05, 3.63) is 49.3 Å². The molecule has 1 N–H and O–H groups in total. The van der Waals surface area contributed by atoms with Gasteiger partial charge in [-0.1, -0.05) is 12.7 Å². The van der Waals surface area contributed by atoms with E-state index in [0.717, 1.165) is 36.5 Å². The molecule has 38 heavy (non-hydrogen) atoms. The van der Waals surface area contributed by atoms with Gasteiger partial charge in [0.1, 0.15) is 24.6 Å². The van der Waals surface area contributed by atoms with Crippen molar-refractivity contribution in [3.8, 4) is 11.8 Å². The van der Waals surface area contributed by atoms with Gasteiger partial charge in [-0.15, -0.1) is 0 Å². The van der Waals surface area contributed by atoms with E-state index in [-0.39, 0.29) is 12.1 Å². The summed E-state index contributed by atoms with van der Waals surface area (Å²) >= 11 is 0. The molecule has 1 aromatic heterocycles. The van der Waals surface area contributed by atoms with E-state index in [4.69, 9.17) is 23.7 Å². The number of hydrogen-bond acceptors (Lipinski definition) is 9. The molecule has 1 aliphatic heterocycles. The van der Waals surface area contributed by atoms with E-state index in [1.54, 1.807) is 23.4 Å². The van der Waals surface area contributed by atoms with Crippen LogP contribution in [0, 0.1) is 5.92 Å². The van der Waals surface area contributed by atoms with Crippen molar-refractivity contribution in [2.45, 2.75) is 39.2 Å². The Balaban J connectivity index is 1.23. The highest BCUT2D eigenvalue weighted by atomic mass is 16.6. The molecule has 1 unspecified atom stereocenters. The van der Waals surface area contributed by atoms with E-state index in [0.29, 0.717) is 52.1 Å². The SMILES string of the molecule is C=CCOc1ccc(Nc2cnc(OCCOCCOCC3CCCN(C(=O)OC(C)(C)C)C3)nc2)cc1. The molecular formula is C28H40N4O6. The predicted octanol–water partition coefficient (Wildman–Crippen LogP) is 4.84. The van der Waals surface area contributed by atoms with Crippen molar-refractivity contribution in [1.29, 1.82) is 0 Å². The molecule has 1 amide bonds. The molecule has 2 heterocycles. The fourth-order valence-corrected chi connectivity index (χ4v) is 3.77. The van der Waals surface area contributed by atoms with Gasteiger partial charge in [-0.3, -0.25) is 0 Å². The monoisotopic (exact) mass is 528 g/mol. The van der Waals surface area contributed by atoms with Gasteiger partial charge in [-0.25, -0.2) is 14.8 Å². The number of nitrogens with zero attached hydrogens (tertiary/aromatic N) is 3. The van der Waals surface area contributed by atoms with Crippen LogP contribution in [0.3, 0.4) is 0 Å². The Hall–Kier alpha value is -3.37. The van der Waals surface area contributed by atoms with E-state index < -0.39 is 5.60 Å². The Bertz CT molecular complexity index is 978. The van der Waals surface area contributed by atoms with Crippen LogP contribution >= 0.6 is 0 Å². The first-order chi connectivity index (χ1) is 18.3. The fraction of sp³-hybridized carbons (Fsp3) is 0.536. The summed E-state index contributed by atoms with van der Waals surface area (Å²) in [6.07, 6.45) is 6.78. The average molecular weight is 529 g/mol. The molecule has 10 nitrogen and oxygen atoms in total. The zero-order valence-corrected chi connectivity index (χ0v) is 22.7. The number of benzene rings is 1. The summed E-state index contributed by atoms with van der Waals surface area (Å²) in [6, 6.07) is 7.88. The summed E-state index contributed by atoms with van der Waals surface area (Å²) in [5.74, 6) is 1.09. The van der Waals surface area contributed by atoms with Gasteiger partial charge in [-0.05, 0) is 57.9 Å². The van der Waals surface area contributed by atoms with Gasteiger partial charge < -0.3 is 33.9 Å². The number of nitrogens with one attached hydrogen (secondary N) is 1. The van der Waals surface area contributed by atoms with Crippen molar-refractivity contribution in [3.63, 3.8) is 0 Å². The number of anilines is 2. The lowest BCUT2D eigenvalue weighted by molar-refractivity contribution is -0.00290. The number of ether oxygens (including phenoxy) is 5. The standard InChI is InChI=1S/C28H40N4O6/c1-5-13-36-25-10-8-23(9-11-25)31-24-18-29-26(30-19-24)37-17-16-34-14-15-35-21-22-7-6-12-32(20-22)27(33)38-28(2,3)4/h5,8-11,18-19,22,31H,1,6-7,12-17,20-21H2,2-4H3. The number of hydrogen-bond donors (Lipinski definition) is 1. The molecule has 0 aliphatic carbocycles. The van der Waals surface area contributed by atoms with Gasteiger partial charge in [-0.2, -0.15) is 0 Å². The van der Waals surface area contributed by atoms with Crippen molar-refractivity contribution in [2.24, 2.45) is 5.92 Å². The topological polar surface area (TPSA) is 104 Å². The van der Waals surface area contributed by atoms with Crippen LogP contribution in [-0.2, 0) is 14.2 Å². The van der Waals surface area contributed by atoms with Crippen LogP contribution in [0.1, 0.15) is 33.6 Å². The molecular weight excluding hydrogens is 488 g/mol. The van der Waals surface area contributed by atoms with Crippen molar-refractivity contribution >= 4 is 17.5 Å². The lowest BCUT2D eigenvalue weighted by Gasteiger charge is -2.34. The largest absolute Gasteiger partial charge is 0.490 e. The van der Waals surface area contributed by atoms with Crippen LogP contribution in [0.2, 0.25) is 0 Å². The van der Waals surface area contributed by atoms with Crippen LogP contribution in [0.4, 0.5) is 16.2 Å². The fourth-order valence-electron chi connectivity index (χ4n) is 3.77. The second kappa shape index (κ2) is 15.1. The number of piperidine rings is 1. The first-order valence-corrected chi connectivity index (χ1v) is 13.0. The second-order valence-electron chi connectivity index (χ2n) is 9.97. The summed E-state index contributed by atoms with van der Waals surface area (Å²) in [5.41, 5.74) is 1.16. The smallest absolute Gasteiger partial charge is 0.410 e. The number of amides is 1. The Morgan fingerprint density at radius 2 is 1.76 bits per heavy atom. The molecule has 3 rings (SSSR count). The predicted molar refractivity (Wildman–Crippen MR) is 145 cm³/mol. The van der Waals surface area contributed by atoms with Crippen LogP contribution < -0.4 is 14.8 Å². The maximum atomic E-state index is 12.3. The van der Waals surface area contributed by atoms with E-state index in [1.165, 1.54) is 0 Å². The van der Waals surface area contributed by atoms with Gasteiger partial charge in [0, 0.05) is 24.7 Å². The third-order valence-electron chi connectivity index (χ3n) is 5.49. The van der Waals surface area contributed by atoms with Crippen molar-refractivity contribution < 1.29 is 28.5 Å². The minimum absolute atomic E-state index is 0.249. The van der Waals surface area contributed by atoms with E-state index >= 15 is 0 Å². The highest BCUT2D eigenvalue weighted by molar-refractivity contribution is 5.68. The molecule has 1 fully saturated rings. The third-order valence-corrected chi connectivity index (χ3v) is 5.49. The number of likely N-dealkylation sites (tertiary alicyclic amines) is 1. The second-order valence-corrected chi connectivity index (χ2v) is 9.97. The molecule has 1 saturated heterocycles. The lowest BCUT2D eigenvalue weighted by Crippen LogP contribution is -2.43. The molecule has 10 heteroatoms. The molecule has 1 aromatic carbocycles.